The zero-order valence-electron chi connectivity index (χ0n) is 46.0. The second kappa shape index (κ2) is 24.7. The standard InChI is InChI=1S/C62H74N6O12/c1-5-13-57-79-51-30-46-45-23-22-42-29-43(69)26-27-60(42,3)58(45)49(70)31-61(46,4)62(51,80-57)50(71)36-78-37-66-54(74)33-65-59(77)47(28-39-14-7-6-8-15-39)67-55(75)34-64-53(73)32-63-52(72)24-25-56(76)68-35-41-17-10-9-16-40(41)21-20-38(2)44-18-11-12-19-48(44)68/h6-12,14-21,26-27,29,38,45-47,49,51,57-58,70H,5,13,22-25,28,30-37H2,1-4H3,(H,63,72)(H,64,73)(H,65,77)(H,66,74)(H,67,75)/b21-20-/t38?,45-,46-,47-,49-,51+,57?,58+,60-,61-,62+/m0/s1. The maximum atomic E-state index is 14.6. The van der Waals surface area contributed by atoms with Crippen LogP contribution in [0, 0.1) is 28.6 Å². The minimum atomic E-state index is -1.40. The van der Waals surface area contributed by atoms with Crippen LogP contribution in [0.25, 0.3) is 6.08 Å². The zero-order chi connectivity index (χ0) is 56.8. The third-order valence-electron chi connectivity index (χ3n) is 17.6. The van der Waals surface area contributed by atoms with E-state index < -0.39 is 96.7 Å². The van der Waals surface area contributed by atoms with Crippen molar-refractivity contribution in [3.63, 3.8) is 0 Å². The molecule has 2 heterocycles. The molecule has 6 aliphatic rings. The number of carbonyl (C=O) groups is 8. The van der Waals surface area contributed by atoms with Crippen LogP contribution in [-0.4, -0.2) is 115 Å². The summed E-state index contributed by atoms with van der Waals surface area (Å²) < 4.78 is 19.0. The number of hydrogen-bond donors (Lipinski definition) is 6. The molecule has 80 heavy (non-hydrogen) atoms. The predicted octanol–water partition coefficient (Wildman–Crippen LogP) is 5.03. The maximum absolute atomic E-state index is 14.6. The molecule has 11 atom stereocenters. The highest BCUT2D eigenvalue weighted by atomic mass is 16.7. The molecule has 9 rings (SSSR count). The van der Waals surface area contributed by atoms with Gasteiger partial charge in [0, 0.05) is 47.6 Å². The summed E-state index contributed by atoms with van der Waals surface area (Å²) in [5.74, 6) is -3.93. The van der Waals surface area contributed by atoms with Crippen LogP contribution in [0.3, 0.4) is 0 Å². The Kier molecular flexibility index (Phi) is 17.8. The molecule has 424 valence electrons. The lowest BCUT2D eigenvalue weighted by Gasteiger charge is -2.59. The normalized spacial score (nSPS) is 28.7. The number of Topliss-reactive ketones (excluding diaryl/α,β-unsaturated/α-hetero) is 1. The van der Waals surface area contributed by atoms with Gasteiger partial charge in [-0.3, -0.25) is 38.4 Å². The third-order valence-corrected chi connectivity index (χ3v) is 17.6. The molecule has 3 saturated carbocycles. The van der Waals surface area contributed by atoms with Gasteiger partial charge in [0.05, 0.1) is 38.4 Å². The number of nitrogens with zero attached hydrogens (tertiary/aromatic N) is 1. The van der Waals surface area contributed by atoms with Crippen molar-refractivity contribution in [2.24, 2.45) is 28.6 Å². The first kappa shape index (κ1) is 57.6. The van der Waals surface area contributed by atoms with Gasteiger partial charge in [0.25, 0.3) is 0 Å². The van der Waals surface area contributed by atoms with Crippen LogP contribution in [0.2, 0.25) is 0 Å². The topological polar surface area (TPSA) is 248 Å². The van der Waals surface area contributed by atoms with E-state index in [1.807, 2.05) is 68.5 Å². The van der Waals surface area contributed by atoms with Gasteiger partial charge in [0.1, 0.15) is 19.4 Å². The van der Waals surface area contributed by atoms with E-state index in [1.165, 1.54) is 0 Å². The minimum Gasteiger partial charge on any atom is -0.393 e. The Morgan fingerprint density at radius 3 is 2.35 bits per heavy atom. The fourth-order valence-corrected chi connectivity index (χ4v) is 13.7. The van der Waals surface area contributed by atoms with E-state index >= 15 is 0 Å². The number of aliphatic hydroxyl groups excluding tert-OH is 1. The van der Waals surface area contributed by atoms with Gasteiger partial charge in [-0.15, -0.1) is 0 Å². The summed E-state index contributed by atoms with van der Waals surface area (Å²) in [5, 5.41) is 24.8. The Bertz CT molecular complexity index is 2960. The molecule has 0 spiro atoms. The van der Waals surface area contributed by atoms with Crippen molar-refractivity contribution in [2.45, 2.75) is 128 Å². The average Bonchev–Trinajstić information content (AvgIpc) is 3.97. The lowest BCUT2D eigenvalue weighted by Crippen LogP contribution is -2.63. The number of aliphatic hydroxyl groups is 1. The van der Waals surface area contributed by atoms with Crippen LogP contribution in [-0.2, 0) is 65.5 Å². The Morgan fingerprint density at radius 2 is 1.55 bits per heavy atom. The molecule has 6 N–H and O–H groups in total. The van der Waals surface area contributed by atoms with Crippen LogP contribution in [0.15, 0.2) is 109 Å². The SMILES string of the molecule is CCCC1O[C@@H]2C[C@H]3[C@@H]4CCC5=CC(=O)C=C[C@]5(C)[C@H]4[C@@H](O)C[C@]3(C)[C@]2(C(=O)COCNC(=O)CNC(=O)[C@H](Cc2ccccc2)NC(=O)CNC(=O)CNC(=O)CCC(=O)N2Cc3ccccc3/C=C\C(C)c3ccccc32)O1. The molecule has 2 aliphatic heterocycles. The fourth-order valence-electron chi connectivity index (χ4n) is 13.7. The Morgan fingerprint density at radius 1 is 0.838 bits per heavy atom. The number of anilines is 1. The molecule has 4 fully saturated rings. The number of rotatable bonds is 20. The summed E-state index contributed by atoms with van der Waals surface area (Å²) in [6, 6.07) is 23.3. The van der Waals surface area contributed by atoms with Gasteiger partial charge >= 0.3 is 0 Å². The van der Waals surface area contributed by atoms with E-state index in [-0.39, 0.29) is 67.1 Å². The Balaban J connectivity index is 0.731. The number of ether oxygens (including phenoxy) is 3. The molecule has 1 saturated heterocycles. The van der Waals surface area contributed by atoms with E-state index in [9.17, 15) is 43.5 Å². The average molecular weight is 1100 g/mol. The van der Waals surface area contributed by atoms with Crippen molar-refractivity contribution in [1.82, 2.24) is 26.6 Å². The van der Waals surface area contributed by atoms with E-state index in [4.69, 9.17) is 14.2 Å². The summed E-state index contributed by atoms with van der Waals surface area (Å²) in [4.78, 5) is 108. The van der Waals surface area contributed by atoms with Gasteiger partial charge in [-0.25, -0.2) is 0 Å². The lowest BCUT2D eigenvalue weighted by molar-refractivity contribution is -0.201. The molecule has 4 aliphatic carbocycles. The molecule has 0 radical (unpaired) electrons. The van der Waals surface area contributed by atoms with Crippen LogP contribution in [0.1, 0.15) is 107 Å². The van der Waals surface area contributed by atoms with Gasteiger partial charge < -0.3 is 50.8 Å². The molecule has 3 aromatic carbocycles. The molecule has 18 heteroatoms. The van der Waals surface area contributed by atoms with Gasteiger partial charge in [-0.05, 0) is 84.4 Å². The highest BCUT2D eigenvalue weighted by molar-refractivity contribution is 6.01. The largest absolute Gasteiger partial charge is 0.393 e. The van der Waals surface area contributed by atoms with Crippen LogP contribution >= 0.6 is 0 Å². The van der Waals surface area contributed by atoms with Gasteiger partial charge in [0.15, 0.2) is 23.5 Å². The Hall–Kier alpha value is -7.12. The van der Waals surface area contributed by atoms with E-state index in [0.717, 1.165) is 40.8 Å². The van der Waals surface area contributed by atoms with Crippen molar-refractivity contribution >= 4 is 58.8 Å². The highest BCUT2D eigenvalue weighted by Crippen LogP contribution is 2.69. The zero-order valence-corrected chi connectivity index (χ0v) is 46.0. The van der Waals surface area contributed by atoms with Gasteiger partial charge in [-0.1, -0.05) is 131 Å². The minimum absolute atomic E-state index is 0.0169. The number of para-hydroxylation sites is 1. The third kappa shape index (κ3) is 12.0. The van der Waals surface area contributed by atoms with Crippen molar-refractivity contribution in [1.29, 1.82) is 0 Å². The molecule has 2 unspecified atom stereocenters. The molecule has 0 bridgehead atoms. The quantitative estimate of drug-likeness (QED) is 0.0644. The first-order valence-electron chi connectivity index (χ1n) is 28.1. The molecule has 6 amide bonds. The maximum Gasteiger partial charge on any atom is 0.243 e. The van der Waals surface area contributed by atoms with Crippen LogP contribution in [0.4, 0.5) is 5.69 Å². The number of ketones is 2. The second-order valence-electron chi connectivity index (χ2n) is 22.6. The number of nitrogens with one attached hydrogen (secondary N) is 5. The van der Waals surface area contributed by atoms with Gasteiger partial charge in [-0.2, -0.15) is 0 Å². The number of benzene rings is 3. The van der Waals surface area contributed by atoms with Crippen molar-refractivity contribution in [3.8, 4) is 0 Å². The molecule has 0 aromatic heterocycles. The second-order valence-corrected chi connectivity index (χ2v) is 22.6. The summed E-state index contributed by atoms with van der Waals surface area (Å²) in [7, 11) is 0. The summed E-state index contributed by atoms with van der Waals surface area (Å²) in [5.41, 5.74) is 2.77. The number of fused-ring (bicyclic) bond motifs is 9. The van der Waals surface area contributed by atoms with Crippen molar-refractivity contribution in [2.75, 3.05) is 37.9 Å². The van der Waals surface area contributed by atoms with Crippen molar-refractivity contribution in [3.05, 3.63) is 131 Å². The first-order chi connectivity index (χ1) is 38.4. The molecule has 3 aromatic rings. The summed E-state index contributed by atoms with van der Waals surface area (Å²) in [6.45, 7) is 6.27. The number of carbonyl (C=O) groups excluding carboxylic acids is 8. The first-order valence-corrected chi connectivity index (χ1v) is 28.1. The highest BCUT2D eigenvalue weighted by Gasteiger charge is 2.75. The number of allylic oxidation sites excluding steroid dienone is 5. The Labute approximate surface area is 466 Å². The number of amides is 6. The fraction of sp³-hybridized carbons (Fsp3) is 0.484. The predicted molar refractivity (Wildman–Crippen MR) is 297 cm³/mol. The van der Waals surface area contributed by atoms with E-state index in [1.54, 1.807) is 47.4 Å². The van der Waals surface area contributed by atoms with E-state index in [0.29, 0.717) is 37.8 Å². The lowest BCUT2D eigenvalue weighted by atomic mass is 9.46. The molecular formula is C62H74N6O12. The monoisotopic (exact) mass is 1090 g/mol. The van der Waals surface area contributed by atoms with Gasteiger partial charge in [0.2, 0.25) is 35.4 Å². The summed E-state index contributed by atoms with van der Waals surface area (Å²) >= 11 is 0. The van der Waals surface area contributed by atoms with Crippen LogP contribution < -0.4 is 31.5 Å². The molecule has 18 nitrogen and oxygen atoms in total. The van der Waals surface area contributed by atoms with Crippen molar-refractivity contribution < 1.29 is 57.7 Å². The smallest absolute Gasteiger partial charge is 0.243 e. The van der Waals surface area contributed by atoms with E-state index in [2.05, 4.69) is 52.6 Å². The summed E-state index contributed by atoms with van der Waals surface area (Å²) in [6.07, 6.45) is 10.9. The number of hydrogen-bond acceptors (Lipinski definition) is 12. The van der Waals surface area contributed by atoms with Crippen LogP contribution in [0.5, 0.6) is 0 Å². The molecular weight excluding hydrogens is 1020 g/mol.